The molecule has 0 fully saturated rings. The third-order valence-corrected chi connectivity index (χ3v) is 3.41. The van der Waals surface area contributed by atoms with Crippen molar-refractivity contribution in [2.24, 2.45) is 5.73 Å². The third kappa shape index (κ3) is 2.67. The predicted molar refractivity (Wildman–Crippen MR) is 84.1 cm³/mol. The van der Waals surface area contributed by atoms with Crippen molar-refractivity contribution in [2.75, 3.05) is 7.11 Å². The van der Waals surface area contributed by atoms with E-state index < -0.39 is 0 Å². The molecule has 0 radical (unpaired) electrons. The van der Waals surface area contributed by atoms with Gasteiger partial charge in [-0.2, -0.15) is 0 Å². The molecule has 0 unspecified atom stereocenters. The van der Waals surface area contributed by atoms with Crippen LogP contribution in [0.25, 0.3) is 11.3 Å². The lowest BCUT2D eigenvalue weighted by Crippen LogP contribution is -2.30. The highest BCUT2D eigenvalue weighted by atomic mass is 16.5. The standard InChI is InChI=1S/C16H19N3O2/c1-4-19-13(7-6-11(15(17)18)16(19)20)12-9-10(2)5-8-14(12)21-3/h5-9H,4H2,1-3H3,(H3,17,18). The summed E-state index contributed by atoms with van der Waals surface area (Å²) in [6.07, 6.45) is 0. The van der Waals surface area contributed by atoms with E-state index in [9.17, 15) is 4.79 Å². The summed E-state index contributed by atoms with van der Waals surface area (Å²) in [5, 5.41) is 7.48. The SMILES string of the molecule is CCn1c(-c2cc(C)ccc2OC)ccc(C(=N)N)c1=O. The summed E-state index contributed by atoms with van der Waals surface area (Å²) in [5.41, 5.74) is 8.10. The topological polar surface area (TPSA) is 81.1 Å². The number of nitrogens with one attached hydrogen (secondary N) is 1. The van der Waals surface area contributed by atoms with Gasteiger partial charge in [0.2, 0.25) is 0 Å². The van der Waals surface area contributed by atoms with Gasteiger partial charge in [-0.05, 0) is 38.1 Å². The number of aromatic nitrogens is 1. The maximum atomic E-state index is 12.4. The number of rotatable bonds is 4. The first kappa shape index (κ1) is 14.8. The second-order valence-corrected chi connectivity index (χ2v) is 4.80. The van der Waals surface area contributed by atoms with E-state index in [0.29, 0.717) is 12.3 Å². The number of pyridine rings is 1. The monoisotopic (exact) mass is 285 g/mol. The van der Waals surface area contributed by atoms with Crippen molar-refractivity contribution in [1.29, 1.82) is 5.41 Å². The first-order chi connectivity index (χ1) is 9.99. The van der Waals surface area contributed by atoms with Crippen LogP contribution in [0.5, 0.6) is 5.75 Å². The molecule has 2 rings (SSSR count). The number of ether oxygens (including phenoxy) is 1. The molecule has 0 bridgehead atoms. The van der Waals surface area contributed by atoms with Gasteiger partial charge in [0.1, 0.15) is 11.6 Å². The van der Waals surface area contributed by atoms with Gasteiger partial charge in [0.15, 0.2) is 0 Å². The Kier molecular flexibility index (Phi) is 4.12. The number of amidine groups is 1. The van der Waals surface area contributed by atoms with Crippen LogP contribution in [0, 0.1) is 12.3 Å². The number of aryl methyl sites for hydroxylation is 1. The fourth-order valence-electron chi connectivity index (χ4n) is 2.35. The lowest BCUT2D eigenvalue weighted by molar-refractivity contribution is 0.416. The number of nitrogens with two attached hydrogens (primary N) is 1. The number of nitrogens with zero attached hydrogens (tertiary/aromatic N) is 1. The van der Waals surface area contributed by atoms with Crippen LogP contribution in [0.2, 0.25) is 0 Å². The van der Waals surface area contributed by atoms with Crippen molar-refractivity contribution in [3.05, 3.63) is 51.8 Å². The Bertz CT molecular complexity index is 748. The normalized spacial score (nSPS) is 10.4. The maximum Gasteiger partial charge on any atom is 0.261 e. The predicted octanol–water partition coefficient (Wildman–Crippen LogP) is 2.14. The summed E-state index contributed by atoms with van der Waals surface area (Å²) in [4.78, 5) is 12.4. The Labute approximate surface area is 123 Å². The summed E-state index contributed by atoms with van der Waals surface area (Å²) in [5.74, 6) is 0.489. The molecule has 0 spiro atoms. The summed E-state index contributed by atoms with van der Waals surface area (Å²) >= 11 is 0. The fraction of sp³-hybridized carbons (Fsp3) is 0.250. The number of benzene rings is 1. The molecule has 0 saturated carbocycles. The van der Waals surface area contributed by atoms with Crippen LogP contribution in [-0.2, 0) is 6.54 Å². The zero-order valence-corrected chi connectivity index (χ0v) is 12.4. The van der Waals surface area contributed by atoms with Crippen LogP contribution in [0.15, 0.2) is 35.1 Å². The van der Waals surface area contributed by atoms with Gasteiger partial charge < -0.3 is 15.0 Å². The molecule has 0 aliphatic heterocycles. The first-order valence-corrected chi connectivity index (χ1v) is 6.72. The Morgan fingerprint density at radius 1 is 1.33 bits per heavy atom. The van der Waals surface area contributed by atoms with Crippen molar-refractivity contribution >= 4 is 5.84 Å². The Morgan fingerprint density at radius 3 is 2.62 bits per heavy atom. The molecular formula is C16H19N3O2. The lowest BCUT2D eigenvalue weighted by atomic mass is 10.1. The molecule has 0 aliphatic carbocycles. The zero-order valence-electron chi connectivity index (χ0n) is 12.4. The highest BCUT2D eigenvalue weighted by Gasteiger charge is 2.14. The van der Waals surface area contributed by atoms with Crippen LogP contribution in [0.3, 0.4) is 0 Å². The molecule has 110 valence electrons. The van der Waals surface area contributed by atoms with Crippen LogP contribution < -0.4 is 16.0 Å². The number of hydrogen-bond donors (Lipinski definition) is 2. The van der Waals surface area contributed by atoms with E-state index in [1.54, 1.807) is 23.8 Å². The van der Waals surface area contributed by atoms with Crippen LogP contribution in [-0.4, -0.2) is 17.5 Å². The van der Waals surface area contributed by atoms with Gasteiger partial charge in [-0.15, -0.1) is 0 Å². The van der Waals surface area contributed by atoms with Gasteiger partial charge in [0.25, 0.3) is 5.56 Å². The number of hydrogen-bond acceptors (Lipinski definition) is 3. The summed E-state index contributed by atoms with van der Waals surface area (Å²) in [6, 6.07) is 9.22. The quantitative estimate of drug-likeness (QED) is 0.667. The fourth-order valence-corrected chi connectivity index (χ4v) is 2.35. The van der Waals surface area contributed by atoms with E-state index in [1.165, 1.54) is 0 Å². The molecule has 1 aromatic heterocycles. The van der Waals surface area contributed by atoms with Crippen molar-refractivity contribution in [3.63, 3.8) is 0 Å². The van der Waals surface area contributed by atoms with Crippen molar-refractivity contribution < 1.29 is 4.74 Å². The van der Waals surface area contributed by atoms with E-state index in [-0.39, 0.29) is 17.0 Å². The molecule has 0 atom stereocenters. The molecule has 1 heterocycles. The van der Waals surface area contributed by atoms with Crippen molar-refractivity contribution in [1.82, 2.24) is 4.57 Å². The minimum atomic E-state index is -0.258. The van der Waals surface area contributed by atoms with Gasteiger partial charge in [-0.1, -0.05) is 11.6 Å². The summed E-state index contributed by atoms with van der Waals surface area (Å²) < 4.78 is 6.99. The van der Waals surface area contributed by atoms with Crippen molar-refractivity contribution in [2.45, 2.75) is 20.4 Å². The smallest absolute Gasteiger partial charge is 0.261 e. The summed E-state index contributed by atoms with van der Waals surface area (Å²) in [6.45, 7) is 4.37. The van der Waals surface area contributed by atoms with E-state index in [2.05, 4.69) is 0 Å². The van der Waals surface area contributed by atoms with E-state index in [0.717, 1.165) is 16.8 Å². The Hall–Kier alpha value is -2.56. The second-order valence-electron chi connectivity index (χ2n) is 4.80. The first-order valence-electron chi connectivity index (χ1n) is 6.72. The number of methoxy groups -OCH3 is 1. The van der Waals surface area contributed by atoms with Gasteiger partial charge in [0, 0.05) is 12.1 Å². The van der Waals surface area contributed by atoms with E-state index in [4.69, 9.17) is 15.9 Å². The Morgan fingerprint density at radius 2 is 2.05 bits per heavy atom. The molecule has 5 heteroatoms. The zero-order chi connectivity index (χ0) is 15.6. The van der Waals surface area contributed by atoms with Crippen LogP contribution in [0.1, 0.15) is 18.1 Å². The average molecular weight is 285 g/mol. The second kappa shape index (κ2) is 5.83. The maximum absolute atomic E-state index is 12.4. The molecule has 0 amide bonds. The molecule has 1 aromatic carbocycles. The van der Waals surface area contributed by atoms with Gasteiger partial charge in [0.05, 0.1) is 18.4 Å². The highest BCUT2D eigenvalue weighted by molar-refractivity contribution is 5.94. The molecule has 0 saturated heterocycles. The third-order valence-electron chi connectivity index (χ3n) is 3.41. The molecule has 21 heavy (non-hydrogen) atoms. The van der Waals surface area contributed by atoms with E-state index in [1.807, 2.05) is 32.0 Å². The average Bonchev–Trinajstić information content (AvgIpc) is 2.46. The van der Waals surface area contributed by atoms with E-state index >= 15 is 0 Å². The molecular weight excluding hydrogens is 266 g/mol. The van der Waals surface area contributed by atoms with Crippen LogP contribution >= 0.6 is 0 Å². The number of nitrogen functional groups attached to an aromatic ring is 1. The molecule has 5 nitrogen and oxygen atoms in total. The van der Waals surface area contributed by atoms with Gasteiger partial charge >= 0.3 is 0 Å². The van der Waals surface area contributed by atoms with Crippen LogP contribution in [0.4, 0.5) is 0 Å². The summed E-state index contributed by atoms with van der Waals surface area (Å²) in [7, 11) is 1.60. The van der Waals surface area contributed by atoms with Gasteiger partial charge in [-0.3, -0.25) is 10.2 Å². The largest absolute Gasteiger partial charge is 0.496 e. The minimum Gasteiger partial charge on any atom is -0.496 e. The lowest BCUT2D eigenvalue weighted by Gasteiger charge is -2.16. The van der Waals surface area contributed by atoms with Gasteiger partial charge in [-0.25, -0.2) is 0 Å². The molecule has 3 N–H and O–H groups in total. The van der Waals surface area contributed by atoms with Crippen molar-refractivity contribution in [3.8, 4) is 17.0 Å². The Balaban J connectivity index is 2.76. The molecule has 2 aromatic rings. The minimum absolute atomic E-state index is 0.215. The molecule has 0 aliphatic rings. The highest BCUT2D eigenvalue weighted by Crippen LogP contribution is 2.30.